The lowest BCUT2D eigenvalue weighted by molar-refractivity contribution is 0.430. The molecular weight excluding hydrogens is 216 g/mol. The lowest BCUT2D eigenvalue weighted by Crippen LogP contribution is -2.27. The highest BCUT2D eigenvalue weighted by Gasteiger charge is 2.19. The minimum atomic E-state index is 0.0612. The Morgan fingerprint density at radius 3 is 2.75 bits per heavy atom. The van der Waals surface area contributed by atoms with Crippen LogP contribution in [0.2, 0.25) is 0 Å². The topological polar surface area (TPSA) is 52.0 Å². The Labute approximate surface area is 100 Å². The molecule has 1 aromatic heterocycles. The Hall–Kier alpha value is -0.900. The van der Waals surface area contributed by atoms with E-state index in [0.717, 1.165) is 6.42 Å². The highest BCUT2D eigenvalue weighted by Crippen LogP contribution is 2.32. The lowest BCUT2D eigenvalue weighted by Gasteiger charge is -2.20. The van der Waals surface area contributed by atoms with Gasteiger partial charge in [0.15, 0.2) is 0 Å². The van der Waals surface area contributed by atoms with Crippen LogP contribution in [-0.4, -0.2) is 6.54 Å². The molecule has 0 radical (unpaired) electrons. The zero-order valence-electron chi connectivity index (χ0n) is 9.52. The first-order valence-electron chi connectivity index (χ1n) is 5.69. The second-order valence-electron chi connectivity index (χ2n) is 4.12. The highest BCUT2D eigenvalue weighted by atomic mass is 32.1. The molecule has 0 aliphatic heterocycles. The van der Waals surface area contributed by atoms with E-state index in [2.05, 4.69) is 36.6 Å². The summed E-state index contributed by atoms with van der Waals surface area (Å²) in [6.07, 6.45) is 1.03. The molecule has 0 bridgehead atoms. The molecule has 0 fully saturated rings. The van der Waals surface area contributed by atoms with E-state index in [1.54, 1.807) is 11.3 Å². The van der Waals surface area contributed by atoms with Gasteiger partial charge in [0.2, 0.25) is 0 Å². The number of benzene rings is 1. The van der Waals surface area contributed by atoms with Crippen molar-refractivity contribution in [1.29, 1.82) is 0 Å². The number of hydrogen-bond donors (Lipinski definition) is 2. The van der Waals surface area contributed by atoms with Crippen molar-refractivity contribution in [2.24, 2.45) is 17.4 Å². The molecule has 2 nitrogen and oxygen atoms in total. The summed E-state index contributed by atoms with van der Waals surface area (Å²) in [5.41, 5.74) is 13.3. The maximum atomic E-state index is 6.30. The van der Waals surface area contributed by atoms with Crippen LogP contribution in [-0.2, 0) is 0 Å². The van der Waals surface area contributed by atoms with Gasteiger partial charge >= 0.3 is 0 Å². The second kappa shape index (κ2) is 4.95. The number of hydrogen-bond acceptors (Lipinski definition) is 3. The molecule has 1 heterocycles. The fourth-order valence-electron chi connectivity index (χ4n) is 2.08. The van der Waals surface area contributed by atoms with E-state index in [-0.39, 0.29) is 6.04 Å². The van der Waals surface area contributed by atoms with Gasteiger partial charge in [0.25, 0.3) is 0 Å². The van der Waals surface area contributed by atoms with Gasteiger partial charge in [-0.25, -0.2) is 0 Å². The van der Waals surface area contributed by atoms with Gasteiger partial charge < -0.3 is 11.5 Å². The molecule has 3 heteroatoms. The molecule has 16 heavy (non-hydrogen) atoms. The molecule has 0 saturated heterocycles. The van der Waals surface area contributed by atoms with Gasteiger partial charge in [-0.3, -0.25) is 0 Å². The fraction of sp³-hybridized carbons (Fsp3) is 0.385. The molecule has 2 rings (SSSR count). The van der Waals surface area contributed by atoms with E-state index in [4.69, 9.17) is 11.5 Å². The molecule has 2 atom stereocenters. The molecule has 1 aromatic carbocycles. The molecule has 0 amide bonds. The van der Waals surface area contributed by atoms with Crippen LogP contribution < -0.4 is 11.5 Å². The molecule has 0 aliphatic rings. The molecule has 2 unspecified atom stereocenters. The van der Waals surface area contributed by atoms with Crippen LogP contribution in [0.15, 0.2) is 29.6 Å². The molecule has 0 saturated carbocycles. The van der Waals surface area contributed by atoms with Gasteiger partial charge in [-0.2, -0.15) is 0 Å². The summed E-state index contributed by atoms with van der Waals surface area (Å²) in [6, 6.07) is 8.47. The fourth-order valence-corrected chi connectivity index (χ4v) is 3.09. The maximum Gasteiger partial charge on any atom is 0.0350 e. The van der Waals surface area contributed by atoms with Crippen LogP contribution in [0.25, 0.3) is 10.1 Å². The summed E-state index contributed by atoms with van der Waals surface area (Å²) in [6.45, 7) is 2.80. The summed E-state index contributed by atoms with van der Waals surface area (Å²) < 4.78 is 1.31. The Kier molecular flexibility index (Phi) is 3.59. The Balaban J connectivity index is 2.39. The van der Waals surface area contributed by atoms with Crippen LogP contribution in [0.3, 0.4) is 0 Å². The zero-order chi connectivity index (χ0) is 11.5. The van der Waals surface area contributed by atoms with Crippen molar-refractivity contribution in [2.45, 2.75) is 19.4 Å². The Morgan fingerprint density at radius 2 is 2.06 bits per heavy atom. The SMILES string of the molecule is CCC(CN)C(N)c1csc2ccccc12. The van der Waals surface area contributed by atoms with E-state index < -0.39 is 0 Å². The monoisotopic (exact) mass is 234 g/mol. The number of thiophene rings is 1. The Bertz CT molecular complexity index is 460. The average molecular weight is 234 g/mol. The molecule has 86 valence electrons. The van der Waals surface area contributed by atoms with Crippen molar-refractivity contribution in [1.82, 2.24) is 0 Å². The largest absolute Gasteiger partial charge is 0.330 e. The smallest absolute Gasteiger partial charge is 0.0350 e. The van der Waals surface area contributed by atoms with Crippen LogP contribution in [0.4, 0.5) is 0 Å². The molecular formula is C13H18N2S. The standard InChI is InChI=1S/C13H18N2S/c1-2-9(7-14)13(15)11-8-16-12-6-4-3-5-10(11)12/h3-6,8-9,13H,2,7,14-15H2,1H3. The first-order valence-corrected chi connectivity index (χ1v) is 6.57. The van der Waals surface area contributed by atoms with Crippen molar-refractivity contribution >= 4 is 21.4 Å². The van der Waals surface area contributed by atoms with Gasteiger partial charge in [-0.15, -0.1) is 11.3 Å². The van der Waals surface area contributed by atoms with E-state index in [0.29, 0.717) is 12.5 Å². The minimum Gasteiger partial charge on any atom is -0.330 e. The van der Waals surface area contributed by atoms with Gasteiger partial charge in [0.1, 0.15) is 0 Å². The van der Waals surface area contributed by atoms with Gasteiger partial charge in [0, 0.05) is 10.7 Å². The average Bonchev–Trinajstić information content (AvgIpc) is 2.74. The predicted octanol–water partition coefficient (Wildman–Crippen LogP) is 2.89. The lowest BCUT2D eigenvalue weighted by atomic mass is 9.91. The zero-order valence-corrected chi connectivity index (χ0v) is 10.3. The first-order chi connectivity index (χ1) is 7.77. The van der Waals surface area contributed by atoms with E-state index in [1.807, 2.05) is 0 Å². The quantitative estimate of drug-likeness (QED) is 0.854. The Morgan fingerprint density at radius 1 is 1.31 bits per heavy atom. The van der Waals surface area contributed by atoms with Crippen molar-refractivity contribution in [3.8, 4) is 0 Å². The third-order valence-electron chi connectivity index (χ3n) is 3.21. The summed E-state index contributed by atoms with van der Waals surface area (Å²) in [5, 5.41) is 3.46. The minimum absolute atomic E-state index is 0.0612. The molecule has 0 spiro atoms. The van der Waals surface area contributed by atoms with Crippen LogP contribution in [0.1, 0.15) is 24.9 Å². The van der Waals surface area contributed by atoms with Crippen LogP contribution >= 0.6 is 11.3 Å². The second-order valence-corrected chi connectivity index (χ2v) is 5.03. The van der Waals surface area contributed by atoms with E-state index in [9.17, 15) is 0 Å². The third kappa shape index (κ3) is 1.98. The normalized spacial score (nSPS) is 15.2. The summed E-state index contributed by atoms with van der Waals surface area (Å²) in [7, 11) is 0. The molecule has 0 aliphatic carbocycles. The van der Waals surface area contributed by atoms with Crippen molar-refractivity contribution in [2.75, 3.05) is 6.54 Å². The van der Waals surface area contributed by atoms with Crippen molar-refractivity contribution in [3.63, 3.8) is 0 Å². The van der Waals surface area contributed by atoms with Crippen molar-refractivity contribution < 1.29 is 0 Å². The van der Waals surface area contributed by atoms with Crippen LogP contribution in [0.5, 0.6) is 0 Å². The number of nitrogens with two attached hydrogens (primary N) is 2. The third-order valence-corrected chi connectivity index (χ3v) is 4.19. The first kappa shape index (κ1) is 11.6. The molecule has 4 N–H and O–H groups in total. The van der Waals surface area contributed by atoms with E-state index >= 15 is 0 Å². The summed E-state index contributed by atoms with van der Waals surface area (Å²) in [5.74, 6) is 0.373. The van der Waals surface area contributed by atoms with Gasteiger partial charge in [-0.05, 0) is 34.9 Å². The summed E-state index contributed by atoms with van der Waals surface area (Å²) in [4.78, 5) is 0. The van der Waals surface area contributed by atoms with Crippen LogP contribution in [0, 0.1) is 5.92 Å². The molecule has 2 aromatic rings. The van der Waals surface area contributed by atoms with E-state index in [1.165, 1.54) is 15.6 Å². The van der Waals surface area contributed by atoms with Crippen molar-refractivity contribution in [3.05, 3.63) is 35.2 Å². The number of fused-ring (bicyclic) bond motifs is 1. The number of rotatable bonds is 4. The summed E-state index contributed by atoms with van der Waals surface area (Å²) >= 11 is 1.76. The predicted molar refractivity (Wildman–Crippen MR) is 71.6 cm³/mol. The van der Waals surface area contributed by atoms with Gasteiger partial charge in [0.05, 0.1) is 0 Å². The van der Waals surface area contributed by atoms with Gasteiger partial charge in [-0.1, -0.05) is 31.5 Å². The highest BCUT2D eigenvalue weighted by molar-refractivity contribution is 7.17. The maximum absolute atomic E-state index is 6.30.